The van der Waals surface area contributed by atoms with E-state index in [4.69, 9.17) is 37.6 Å². The summed E-state index contributed by atoms with van der Waals surface area (Å²) < 4.78 is 44.2. The second kappa shape index (κ2) is 13.4. The van der Waals surface area contributed by atoms with Crippen molar-refractivity contribution in [1.82, 2.24) is 0 Å². The van der Waals surface area contributed by atoms with Gasteiger partial charge in [-0.2, -0.15) is 0 Å². The molecule has 43 heavy (non-hydrogen) atoms. The van der Waals surface area contributed by atoms with Crippen molar-refractivity contribution in [1.29, 1.82) is 0 Å². The van der Waals surface area contributed by atoms with Crippen molar-refractivity contribution in [2.45, 2.75) is 58.4 Å². The topological polar surface area (TPSA) is 163 Å². The summed E-state index contributed by atoms with van der Waals surface area (Å²) >= 11 is 0. The van der Waals surface area contributed by atoms with Gasteiger partial charge in [0, 0.05) is 33.8 Å². The highest BCUT2D eigenvalue weighted by Crippen LogP contribution is 2.32. The average Bonchev–Trinajstić information content (AvgIpc) is 2.94. The lowest BCUT2D eigenvalue weighted by Crippen LogP contribution is -2.63. The predicted molar refractivity (Wildman–Crippen MR) is 147 cm³/mol. The monoisotopic (exact) mass is 598 g/mol. The second-order valence-electron chi connectivity index (χ2n) is 9.55. The third kappa shape index (κ3) is 7.49. The first-order valence-corrected chi connectivity index (χ1v) is 13.1. The van der Waals surface area contributed by atoms with Gasteiger partial charge in [-0.3, -0.25) is 24.0 Å². The van der Waals surface area contributed by atoms with E-state index in [0.29, 0.717) is 16.9 Å². The quantitative estimate of drug-likeness (QED) is 0.261. The number of carbonyl (C=O) groups is 4. The molecule has 5 atom stereocenters. The van der Waals surface area contributed by atoms with E-state index in [1.807, 2.05) is 0 Å². The smallest absolute Gasteiger partial charge is 0.303 e. The molecule has 1 saturated heterocycles. The first-order chi connectivity index (χ1) is 20.5. The molecule has 0 spiro atoms. The van der Waals surface area contributed by atoms with Crippen molar-refractivity contribution in [2.75, 3.05) is 13.7 Å². The molecule has 228 valence electrons. The van der Waals surface area contributed by atoms with Gasteiger partial charge in [-0.05, 0) is 29.8 Å². The number of rotatable bonds is 9. The van der Waals surface area contributed by atoms with Crippen molar-refractivity contribution in [3.05, 3.63) is 59.0 Å². The Labute approximate surface area is 245 Å². The van der Waals surface area contributed by atoms with Gasteiger partial charge in [0.1, 0.15) is 36.1 Å². The summed E-state index contributed by atoms with van der Waals surface area (Å²) in [7, 11) is 1.54. The molecule has 2 aromatic carbocycles. The van der Waals surface area contributed by atoms with Gasteiger partial charge in [0.2, 0.25) is 12.4 Å². The molecule has 0 aliphatic carbocycles. The maximum atomic E-state index is 13.3. The molecule has 0 unspecified atom stereocenters. The molecule has 13 heteroatoms. The molecule has 1 aromatic heterocycles. The first kappa shape index (κ1) is 31.0. The van der Waals surface area contributed by atoms with Crippen LogP contribution in [0.3, 0.4) is 0 Å². The van der Waals surface area contributed by atoms with Crippen LogP contribution < -0.4 is 14.9 Å². The molecule has 0 amide bonds. The van der Waals surface area contributed by atoms with Gasteiger partial charge < -0.3 is 37.6 Å². The number of hydrogen-bond donors (Lipinski definition) is 0. The van der Waals surface area contributed by atoms with Gasteiger partial charge in [0.15, 0.2) is 17.6 Å². The summed E-state index contributed by atoms with van der Waals surface area (Å²) in [5.41, 5.74) is 0.869. The molecule has 0 saturated carbocycles. The summed E-state index contributed by atoms with van der Waals surface area (Å²) in [6, 6.07) is 11.3. The molecule has 0 N–H and O–H groups in total. The summed E-state index contributed by atoms with van der Waals surface area (Å²) in [5, 5.41) is 0.266. The molecule has 3 aromatic rings. The highest BCUT2D eigenvalue weighted by atomic mass is 16.7. The van der Waals surface area contributed by atoms with Crippen molar-refractivity contribution >= 4 is 34.8 Å². The Morgan fingerprint density at radius 2 is 1.37 bits per heavy atom. The Kier molecular flexibility index (Phi) is 9.66. The summed E-state index contributed by atoms with van der Waals surface area (Å²) in [6.07, 6.45) is -5.43. The summed E-state index contributed by atoms with van der Waals surface area (Å²) in [5.74, 6) is -2.17. The fourth-order valence-electron chi connectivity index (χ4n) is 4.57. The Morgan fingerprint density at radius 1 is 0.767 bits per heavy atom. The van der Waals surface area contributed by atoms with Gasteiger partial charge in [0.05, 0.1) is 18.1 Å². The SMILES string of the molecule is COc1ccc(-c2coc3cc(O[C@@H]4O[C@H](COC(C)=O)[C@@H](OC(C)=O)[C@H](OC(C)=O)[C@@H]4OC(C)=O)ccc3c2=O)cc1. The van der Waals surface area contributed by atoms with E-state index in [0.717, 1.165) is 20.8 Å². The summed E-state index contributed by atoms with van der Waals surface area (Å²) in [4.78, 5) is 60.8. The number of esters is 4. The van der Waals surface area contributed by atoms with E-state index in [1.165, 1.54) is 31.4 Å². The van der Waals surface area contributed by atoms with E-state index < -0.39 is 61.2 Å². The zero-order chi connectivity index (χ0) is 31.3. The zero-order valence-corrected chi connectivity index (χ0v) is 24.0. The van der Waals surface area contributed by atoms with Crippen LogP contribution in [0.2, 0.25) is 0 Å². The number of benzene rings is 2. The van der Waals surface area contributed by atoms with E-state index in [1.54, 1.807) is 31.4 Å². The minimum Gasteiger partial charge on any atom is -0.497 e. The Balaban J connectivity index is 1.69. The molecule has 4 rings (SSSR count). The van der Waals surface area contributed by atoms with Crippen LogP contribution in [0.1, 0.15) is 27.7 Å². The van der Waals surface area contributed by atoms with Gasteiger partial charge in [-0.1, -0.05) is 12.1 Å². The van der Waals surface area contributed by atoms with Crippen LogP contribution in [-0.2, 0) is 42.9 Å². The third-order valence-electron chi connectivity index (χ3n) is 6.35. The Bertz CT molecular complexity index is 1560. The molecular weight excluding hydrogens is 568 g/mol. The molecular formula is C30H30O13. The largest absolute Gasteiger partial charge is 0.497 e. The molecule has 1 aliphatic rings. The maximum Gasteiger partial charge on any atom is 0.303 e. The van der Waals surface area contributed by atoms with Crippen LogP contribution in [0, 0.1) is 0 Å². The van der Waals surface area contributed by atoms with Gasteiger partial charge in [-0.15, -0.1) is 0 Å². The molecule has 0 bridgehead atoms. The lowest BCUT2D eigenvalue weighted by Gasteiger charge is -2.43. The fraction of sp³-hybridized carbons (Fsp3) is 0.367. The third-order valence-corrected chi connectivity index (χ3v) is 6.35. The average molecular weight is 599 g/mol. The maximum absolute atomic E-state index is 13.3. The fourth-order valence-corrected chi connectivity index (χ4v) is 4.57. The van der Waals surface area contributed by atoms with Crippen LogP contribution >= 0.6 is 0 Å². The van der Waals surface area contributed by atoms with E-state index in [2.05, 4.69) is 0 Å². The predicted octanol–water partition coefficient (Wildman–Crippen LogP) is 2.93. The van der Waals surface area contributed by atoms with Crippen LogP contribution in [0.15, 0.2) is 57.9 Å². The van der Waals surface area contributed by atoms with Crippen LogP contribution in [0.4, 0.5) is 0 Å². The van der Waals surface area contributed by atoms with E-state index >= 15 is 0 Å². The standard InChI is InChI=1S/C30H30O13/c1-15(31)37-14-25-27(39-16(2)32)28(40-17(3)33)29(41-18(4)34)30(43-25)42-21-10-11-22-24(12-21)38-13-23(26(22)35)19-6-8-20(36-5)9-7-19/h6-13,25,27-30H,14H2,1-5H3/t25-,27-,28+,29+,30-/m1/s1. The Hall–Kier alpha value is -4.91. The zero-order valence-electron chi connectivity index (χ0n) is 24.0. The number of methoxy groups -OCH3 is 1. The first-order valence-electron chi connectivity index (χ1n) is 13.1. The summed E-state index contributed by atoms with van der Waals surface area (Å²) in [6.45, 7) is 4.14. The van der Waals surface area contributed by atoms with Gasteiger partial charge in [0.25, 0.3) is 0 Å². The van der Waals surface area contributed by atoms with Crippen molar-refractivity contribution in [3.63, 3.8) is 0 Å². The molecule has 1 aliphatic heterocycles. The van der Waals surface area contributed by atoms with Crippen molar-refractivity contribution in [2.24, 2.45) is 0 Å². The van der Waals surface area contributed by atoms with Gasteiger partial charge >= 0.3 is 23.9 Å². The molecule has 0 radical (unpaired) electrons. The van der Waals surface area contributed by atoms with E-state index in [9.17, 15) is 24.0 Å². The number of ether oxygens (including phenoxy) is 7. The van der Waals surface area contributed by atoms with Crippen LogP contribution in [-0.4, -0.2) is 68.3 Å². The number of carbonyl (C=O) groups excluding carboxylic acids is 4. The highest BCUT2D eigenvalue weighted by molar-refractivity contribution is 5.82. The van der Waals surface area contributed by atoms with Crippen molar-refractivity contribution in [3.8, 4) is 22.6 Å². The van der Waals surface area contributed by atoms with E-state index in [-0.39, 0.29) is 22.1 Å². The minimum atomic E-state index is -1.44. The lowest BCUT2D eigenvalue weighted by atomic mass is 9.98. The second-order valence-corrected chi connectivity index (χ2v) is 9.55. The minimum absolute atomic E-state index is 0.133. The molecule has 2 heterocycles. The number of fused-ring (bicyclic) bond motifs is 1. The van der Waals surface area contributed by atoms with Crippen LogP contribution in [0.25, 0.3) is 22.1 Å². The molecule has 1 fully saturated rings. The van der Waals surface area contributed by atoms with Gasteiger partial charge in [-0.25, -0.2) is 0 Å². The molecule has 13 nitrogen and oxygen atoms in total. The number of hydrogen-bond acceptors (Lipinski definition) is 13. The Morgan fingerprint density at radius 3 is 1.98 bits per heavy atom. The van der Waals surface area contributed by atoms with Crippen molar-refractivity contribution < 1.29 is 56.8 Å². The van der Waals surface area contributed by atoms with Crippen LogP contribution in [0.5, 0.6) is 11.5 Å². The lowest BCUT2D eigenvalue weighted by molar-refractivity contribution is -0.288. The normalized spacial score (nSPS) is 21.4. The highest BCUT2D eigenvalue weighted by Gasteiger charge is 2.53.